The highest BCUT2D eigenvalue weighted by molar-refractivity contribution is 5.91. The van der Waals surface area contributed by atoms with E-state index in [1.54, 1.807) is 12.1 Å². The molecule has 4 nitrogen and oxygen atoms in total. The predicted octanol–water partition coefficient (Wildman–Crippen LogP) is 4.06. The third kappa shape index (κ3) is 2.71. The van der Waals surface area contributed by atoms with E-state index in [-0.39, 0.29) is 0 Å². The molecule has 1 aliphatic rings. The fourth-order valence-corrected chi connectivity index (χ4v) is 3.20. The van der Waals surface area contributed by atoms with Crippen LogP contribution in [0.25, 0.3) is 11.1 Å². The van der Waals surface area contributed by atoms with Crippen LogP contribution in [0.2, 0.25) is 0 Å². The Morgan fingerprint density at radius 1 is 1.29 bits per heavy atom. The number of benzene rings is 1. The van der Waals surface area contributed by atoms with Gasteiger partial charge in [-0.25, -0.2) is 4.79 Å². The molecule has 0 saturated heterocycles. The Morgan fingerprint density at radius 2 is 2.05 bits per heavy atom. The minimum Gasteiger partial charge on any atom is -0.478 e. The second-order valence-electron chi connectivity index (χ2n) is 5.78. The van der Waals surface area contributed by atoms with E-state index in [1.165, 1.54) is 32.1 Å². The molecule has 0 radical (unpaired) electrons. The van der Waals surface area contributed by atoms with Crippen LogP contribution in [0.5, 0.6) is 0 Å². The zero-order valence-corrected chi connectivity index (χ0v) is 12.2. The molecule has 2 aromatic rings. The lowest BCUT2D eigenvalue weighted by atomic mass is 9.95. The third-order valence-electron chi connectivity index (χ3n) is 4.43. The van der Waals surface area contributed by atoms with Crippen LogP contribution >= 0.6 is 0 Å². The van der Waals surface area contributed by atoms with Gasteiger partial charge in [0.25, 0.3) is 0 Å². The molecule has 1 heterocycles. The first-order valence-corrected chi connectivity index (χ1v) is 7.54. The molecule has 1 N–H and O–H groups in total. The molecule has 0 atom stereocenters. The van der Waals surface area contributed by atoms with Crippen LogP contribution in [0.1, 0.15) is 54.1 Å². The van der Waals surface area contributed by atoms with Crippen LogP contribution in [0.3, 0.4) is 0 Å². The molecular formula is C17H20N2O2. The summed E-state index contributed by atoms with van der Waals surface area (Å²) in [6.45, 7) is 1.86. The molecule has 1 fully saturated rings. The van der Waals surface area contributed by atoms with E-state index in [4.69, 9.17) is 0 Å². The van der Waals surface area contributed by atoms with Crippen molar-refractivity contribution in [2.45, 2.75) is 45.1 Å². The maximum absolute atomic E-state index is 11.2. The summed E-state index contributed by atoms with van der Waals surface area (Å²) >= 11 is 0. The number of hydrogen-bond donors (Lipinski definition) is 1. The molecule has 21 heavy (non-hydrogen) atoms. The third-order valence-corrected chi connectivity index (χ3v) is 4.43. The second kappa shape index (κ2) is 5.72. The SMILES string of the molecule is Cc1c(C(=O)O)cccc1-c1cnn(C2CCCCC2)c1. The highest BCUT2D eigenvalue weighted by Gasteiger charge is 2.17. The standard InChI is InChI=1S/C17H20N2O2/c1-12-15(8-5-9-16(12)17(20)21)13-10-18-19(11-13)14-6-3-2-4-7-14/h5,8-11,14H,2-4,6-7H2,1H3,(H,20,21). The van der Waals surface area contributed by atoms with E-state index in [0.717, 1.165) is 16.7 Å². The first-order valence-electron chi connectivity index (χ1n) is 7.54. The number of nitrogens with zero attached hydrogens (tertiary/aromatic N) is 2. The Bertz CT molecular complexity index is 655. The van der Waals surface area contributed by atoms with Gasteiger partial charge in [0.05, 0.1) is 17.8 Å². The molecule has 0 aliphatic heterocycles. The van der Waals surface area contributed by atoms with Gasteiger partial charge in [-0.3, -0.25) is 4.68 Å². The van der Waals surface area contributed by atoms with Crippen LogP contribution in [0, 0.1) is 6.92 Å². The molecule has 1 aromatic heterocycles. The lowest BCUT2D eigenvalue weighted by Crippen LogP contribution is -2.12. The first-order chi connectivity index (χ1) is 10.2. The second-order valence-corrected chi connectivity index (χ2v) is 5.78. The molecular weight excluding hydrogens is 264 g/mol. The maximum Gasteiger partial charge on any atom is 0.335 e. The quantitative estimate of drug-likeness (QED) is 0.924. The van der Waals surface area contributed by atoms with Gasteiger partial charge in [0.15, 0.2) is 0 Å². The Kier molecular flexibility index (Phi) is 3.78. The summed E-state index contributed by atoms with van der Waals surface area (Å²) in [5, 5.41) is 13.7. The Morgan fingerprint density at radius 3 is 2.76 bits per heavy atom. The van der Waals surface area contributed by atoms with Gasteiger partial charge >= 0.3 is 5.97 Å². The highest BCUT2D eigenvalue weighted by atomic mass is 16.4. The summed E-state index contributed by atoms with van der Waals surface area (Å²) in [5.74, 6) is -0.881. The average Bonchev–Trinajstić information content (AvgIpc) is 2.98. The molecule has 0 amide bonds. The zero-order valence-electron chi connectivity index (χ0n) is 12.2. The van der Waals surface area contributed by atoms with Crippen LogP contribution < -0.4 is 0 Å². The summed E-state index contributed by atoms with van der Waals surface area (Å²) in [7, 11) is 0. The molecule has 3 rings (SSSR count). The minimum absolute atomic E-state index is 0.359. The maximum atomic E-state index is 11.2. The molecule has 1 saturated carbocycles. The molecule has 1 aliphatic carbocycles. The van der Waals surface area contributed by atoms with Crippen molar-refractivity contribution < 1.29 is 9.90 Å². The lowest BCUT2D eigenvalue weighted by molar-refractivity contribution is 0.0696. The van der Waals surface area contributed by atoms with E-state index < -0.39 is 5.97 Å². The van der Waals surface area contributed by atoms with Gasteiger partial charge < -0.3 is 5.11 Å². The van der Waals surface area contributed by atoms with Crippen molar-refractivity contribution in [3.63, 3.8) is 0 Å². The highest BCUT2D eigenvalue weighted by Crippen LogP contribution is 2.30. The van der Waals surface area contributed by atoms with Crippen molar-refractivity contribution in [3.8, 4) is 11.1 Å². The molecule has 0 bridgehead atoms. The van der Waals surface area contributed by atoms with Crippen LogP contribution in [0.4, 0.5) is 0 Å². The number of carbonyl (C=O) groups is 1. The topological polar surface area (TPSA) is 55.1 Å². The van der Waals surface area contributed by atoms with Crippen LogP contribution in [-0.2, 0) is 0 Å². The van der Waals surface area contributed by atoms with Crippen molar-refractivity contribution in [1.29, 1.82) is 0 Å². The van der Waals surface area contributed by atoms with E-state index in [0.29, 0.717) is 11.6 Å². The van der Waals surface area contributed by atoms with Gasteiger partial charge in [0.1, 0.15) is 0 Å². The summed E-state index contributed by atoms with van der Waals surface area (Å²) in [5.41, 5.74) is 3.12. The monoisotopic (exact) mass is 284 g/mol. The minimum atomic E-state index is -0.881. The lowest BCUT2D eigenvalue weighted by Gasteiger charge is -2.21. The molecule has 110 valence electrons. The number of carboxylic acid groups (broad SMARTS) is 1. The summed E-state index contributed by atoms with van der Waals surface area (Å²) in [6, 6.07) is 5.90. The first kappa shape index (κ1) is 13.9. The summed E-state index contributed by atoms with van der Waals surface area (Å²) < 4.78 is 2.06. The van der Waals surface area contributed by atoms with E-state index in [1.807, 2.05) is 19.2 Å². The van der Waals surface area contributed by atoms with E-state index in [9.17, 15) is 9.90 Å². The van der Waals surface area contributed by atoms with E-state index >= 15 is 0 Å². The van der Waals surface area contributed by atoms with Gasteiger partial charge in [-0.05, 0) is 37.0 Å². The number of aromatic carboxylic acids is 1. The van der Waals surface area contributed by atoms with Crippen LogP contribution in [0.15, 0.2) is 30.6 Å². The average molecular weight is 284 g/mol. The Hall–Kier alpha value is -2.10. The normalized spacial score (nSPS) is 16.0. The summed E-state index contributed by atoms with van der Waals surface area (Å²) in [4.78, 5) is 11.2. The van der Waals surface area contributed by atoms with Gasteiger partial charge in [0, 0.05) is 11.8 Å². The van der Waals surface area contributed by atoms with Crippen molar-refractivity contribution in [2.24, 2.45) is 0 Å². The molecule has 4 heteroatoms. The van der Waals surface area contributed by atoms with E-state index in [2.05, 4.69) is 16.0 Å². The molecule has 0 spiro atoms. The van der Waals surface area contributed by atoms with Gasteiger partial charge in [-0.1, -0.05) is 31.4 Å². The smallest absolute Gasteiger partial charge is 0.335 e. The largest absolute Gasteiger partial charge is 0.478 e. The number of aromatic nitrogens is 2. The van der Waals surface area contributed by atoms with Gasteiger partial charge in [0.2, 0.25) is 0 Å². The Balaban J connectivity index is 1.93. The van der Waals surface area contributed by atoms with Gasteiger partial charge in [-0.15, -0.1) is 0 Å². The Labute approximate surface area is 124 Å². The predicted molar refractivity (Wildman–Crippen MR) is 81.5 cm³/mol. The molecule has 1 aromatic carbocycles. The summed E-state index contributed by atoms with van der Waals surface area (Å²) in [6.07, 6.45) is 10.2. The number of rotatable bonds is 3. The molecule has 0 unspecified atom stereocenters. The van der Waals surface area contributed by atoms with Gasteiger partial charge in [-0.2, -0.15) is 5.10 Å². The number of carboxylic acids is 1. The van der Waals surface area contributed by atoms with Crippen LogP contribution in [-0.4, -0.2) is 20.9 Å². The van der Waals surface area contributed by atoms with Crippen molar-refractivity contribution in [2.75, 3.05) is 0 Å². The van der Waals surface area contributed by atoms with Crippen molar-refractivity contribution in [3.05, 3.63) is 41.7 Å². The van der Waals surface area contributed by atoms with Crippen molar-refractivity contribution >= 4 is 5.97 Å². The fourth-order valence-electron chi connectivity index (χ4n) is 3.20. The van der Waals surface area contributed by atoms with Crippen molar-refractivity contribution in [1.82, 2.24) is 9.78 Å². The number of hydrogen-bond acceptors (Lipinski definition) is 2. The fraction of sp³-hybridized carbons (Fsp3) is 0.412. The zero-order chi connectivity index (χ0) is 14.8.